The summed E-state index contributed by atoms with van der Waals surface area (Å²) in [6, 6.07) is 0. The zero-order valence-electron chi connectivity index (χ0n) is 14.1. The lowest BCUT2D eigenvalue weighted by Crippen LogP contribution is -2.16. The van der Waals surface area contributed by atoms with Crippen molar-refractivity contribution in [3.8, 4) is 0 Å². The molecule has 3 unspecified atom stereocenters. The Morgan fingerprint density at radius 2 is 2.22 bits per heavy atom. The van der Waals surface area contributed by atoms with E-state index >= 15 is 0 Å². The van der Waals surface area contributed by atoms with E-state index in [2.05, 4.69) is 23.2 Å². The second-order valence-electron chi connectivity index (χ2n) is 7.16. The minimum atomic E-state index is -0.314. The highest BCUT2D eigenvalue weighted by atomic mass is 16.3. The first kappa shape index (κ1) is 16.4. The summed E-state index contributed by atoms with van der Waals surface area (Å²) in [6.07, 6.45) is 20.7. The molecule has 2 heterocycles. The first-order valence-electron chi connectivity index (χ1n) is 9.04. The van der Waals surface area contributed by atoms with Gasteiger partial charge in [-0.15, -0.1) is 0 Å². The fourth-order valence-corrected chi connectivity index (χ4v) is 3.87. The van der Waals surface area contributed by atoms with Crippen molar-refractivity contribution < 1.29 is 5.11 Å². The Morgan fingerprint density at radius 1 is 1.35 bits per heavy atom. The average Bonchev–Trinajstić information content (AvgIpc) is 3.00. The molecule has 0 bridgehead atoms. The Kier molecular flexibility index (Phi) is 5.60. The Morgan fingerprint density at radius 3 is 3.09 bits per heavy atom. The maximum absolute atomic E-state index is 9.27. The number of aliphatic imine (C=N–C) groups is 2. The molecule has 2 aliphatic heterocycles. The summed E-state index contributed by atoms with van der Waals surface area (Å²) in [5.74, 6) is 3.05. The van der Waals surface area contributed by atoms with E-state index in [4.69, 9.17) is 4.99 Å². The van der Waals surface area contributed by atoms with E-state index in [1.807, 2.05) is 25.3 Å². The second kappa shape index (κ2) is 7.87. The zero-order chi connectivity index (χ0) is 16.1. The van der Waals surface area contributed by atoms with E-state index < -0.39 is 0 Å². The van der Waals surface area contributed by atoms with Crippen LogP contribution in [-0.4, -0.2) is 23.3 Å². The van der Waals surface area contributed by atoms with Crippen molar-refractivity contribution in [2.45, 2.75) is 58.0 Å². The number of aliphatic hydroxyl groups is 1. The number of hydrogen-bond donors (Lipinski definition) is 1. The van der Waals surface area contributed by atoms with Crippen LogP contribution in [0.4, 0.5) is 0 Å². The van der Waals surface area contributed by atoms with E-state index in [0.717, 1.165) is 36.9 Å². The number of allylic oxidation sites excluding steroid dienone is 4. The van der Waals surface area contributed by atoms with Crippen molar-refractivity contribution in [2.24, 2.45) is 27.7 Å². The van der Waals surface area contributed by atoms with Crippen LogP contribution in [0.1, 0.15) is 51.9 Å². The third kappa shape index (κ3) is 4.74. The smallest absolute Gasteiger partial charge is 0.135 e. The number of nitrogens with zero attached hydrogens (tertiary/aromatic N) is 2. The quantitative estimate of drug-likeness (QED) is 0.723. The van der Waals surface area contributed by atoms with Crippen molar-refractivity contribution in [3.63, 3.8) is 0 Å². The van der Waals surface area contributed by atoms with Crippen LogP contribution >= 0.6 is 0 Å². The Bertz CT molecular complexity index is 554. The van der Waals surface area contributed by atoms with Crippen molar-refractivity contribution in [3.05, 3.63) is 36.1 Å². The molecular formula is C20H28N2O. The highest BCUT2D eigenvalue weighted by Crippen LogP contribution is 2.37. The van der Waals surface area contributed by atoms with Gasteiger partial charge in [0.25, 0.3) is 0 Å². The summed E-state index contributed by atoms with van der Waals surface area (Å²) < 4.78 is 0. The van der Waals surface area contributed by atoms with Crippen LogP contribution in [0, 0.1) is 17.8 Å². The minimum Gasteiger partial charge on any atom is -0.389 e. The van der Waals surface area contributed by atoms with Gasteiger partial charge in [-0.3, -0.25) is 0 Å². The van der Waals surface area contributed by atoms with Crippen molar-refractivity contribution in [1.29, 1.82) is 0 Å². The summed E-state index contributed by atoms with van der Waals surface area (Å²) >= 11 is 0. The molecule has 0 saturated heterocycles. The molecule has 23 heavy (non-hydrogen) atoms. The van der Waals surface area contributed by atoms with Gasteiger partial charge in [0.2, 0.25) is 0 Å². The first-order valence-corrected chi connectivity index (χ1v) is 9.04. The van der Waals surface area contributed by atoms with Gasteiger partial charge >= 0.3 is 0 Å². The Balaban J connectivity index is 1.42. The van der Waals surface area contributed by atoms with Crippen LogP contribution in [0.15, 0.2) is 46.1 Å². The van der Waals surface area contributed by atoms with Gasteiger partial charge in [-0.2, -0.15) is 0 Å². The van der Waals surface area contributed by atoms with Gasteiger partial charge in [0.1, 0.15) is 5.84 Å². The molecule has 0 spiro atoms. The number of fused-ring (bicyclic) bond motifs is 1. The monoisotopic (exact) mass is 312 g/mol. The summed E-state index contributed by atoms with van der Waals surface area (Å²) in [5.41, 5.74) is 1.24. The molecule has 3 heteroatoms. The largest absolute Gasteiger partial charge is 0.389 e. The van der Waals surface area contributed by atoms with Gasteiger partial charge in [-0.05, 0) is 63.4 Å². The number of rotatable bonds is 6. The van der Waals surface area contributed by atoms with E-state index in [0.29, 0.717) is 5.92 Å². The van der Waals surface area contributed by atoms with E-state index in [1.165, 1.54) is 31.4 Å². The average molecular weight is 312 g/mol. The van der Waals surface area contributed by atoms with Crippen LogP contribution in [0.3, 0.4) is 0 Å². The summed E-state index contributed by atoms with van der Waals surface area (Å²) in [6.45, 7) is 1.81. The first-order chi connectivity index (χ1) is 11.2. The standard InChI is InChI=1S/C20H28N2O/c1-15(23)4-2-5-16-7-8-17(14-16)9-11-19-12-10-18-6-3-13-21-20(18)22-19/h2-4,6,12-13,15-18,23H,5,7-11,14H2,1H3/b4-2+/t15?,16?,17-,18?/m0/s1. The minimum absolute atomic E-state index is 0.314. The van der Waals surface area contributed by atoms with Gasteiger partial charge in [0.05, 0.1) is 6.10 Å². The van der Waals surface area contributed by atoms with Crippen molar-refractivity contribution in [1.82, 2.24) is 0 Å². The molecule has 1 N–H and O–H groups in total. The molecule has 1 aliphatic carbocycles. The predicted octanol–water partition coefficient (Wildman–Crippen LogP) is 4.45. The van der Waals surface area contributed by atoms with Gasteiger partial charge < -0.3 is 5.11 Å². The van der Waals surface area contributed by atoms with E-state index in [-0.39, 0.29) is 6.10 Å². The predicted molar refractivity (Wildman–Crippen MR) is 96.8 cm³/mol. The lowest BCUT2D eigenvalue weighted by atomic mass is 9.94. The van der Waals surface area contributed by atoms with Crippen molar-refractivity contribution >= 4 is 12.1 Å². The maximum Gasteiger partial charge on any atom is 0.135 e. The summed E-state index contributed by atoms with van der Waals surface area (Å²) in [4.78, 5) is 9.15. The molecule has 4 atom stereocenters. The molecule has 124 valence electrons. The highest BCUT2D eigenvalue weighted by molar-refractivity contribution is 5.98. The number of dihydropyridines is 1. The molecule has 3 rings (SSSR count). The Labute approximate surface area is 139 Å². The van der Waals surface area contributed by atoms with Crippen LogP contribution in [-0.2, 0) is 0 Å². The van der Waals surface area contributed by atoms with Gasteiger partial charge in [0, 0.05) is 17.8 Å². The molecule has 0 aromatic carbocycles. The fraction of sp³-hybridized carbons (Fsp3) is 0.600. The SMILES string of the molecule is CC(O)/C=C/CC1CC[C@@H](CCC2=CCC3C=CC=NC3=N2)C1. The molecule has 0 amide bonds. The maximum atomic E-state index is 9.27. The molecule has 3 nitrogen and oxygen atoms in total. The topological polar surface area (TPSA) is 45.0 Å². The summed E-state index contributed by atoms with van der Waals surface area (Å²) in [5, 5.41) is 9.27. The fourth-order valence-electron chi connectivity index (χ4n) is 3.87. The molecule has 0 aromatic heterocycles. The molecular weight excluding hydrogens is 284 g/mol. The number of hydrogen-bond acceptors (Lipinski definition) is 3. The van der Waals surface area contributed by atoms with E-state index in [9.17, 15) is 5.11 Å². The van der Waals surface area contributed by atoms with Gasteiger partial charge in [-0.25, -0.2) is 9.98 Å². The second-order valence-corrected chi connectivity index (χ2v) is 7.16. The molecule has 0 aromatic rings. The molecule has 0 radical (unpaired) electrons. The van der Waals surface area contributed by atoms with Gasteiger partial charge in [0.15, 0.2) is 0 Å². The third-order valence-electron chi connectivity index (χ3n) is 5.18. The van der Waals surface area contributed by atoms with Crippen molar-refractivity contribution in [2.75, 3.05) is 0 Å². The number of amidine groups is 1. The normalized spacial score (nSPS) is 31.1. The van der Waals surface area contributed by atoms with Gasteiger partial charge in [-0.1, -0.05) is 30.7 Å². The lowest BCUT2D eigenvalue weighted by Gasteiger charge is -2.19. The van der Waals surface area contributed by atoms with Crippen LogP contribution in [0.2, 0.25) is 0 Å². The molecule has 1 saturated carbocycles. The van der Waals surface area contributed by atoms with Crippen LogP contribution in [0.5, 0.6) is 0 Å². The van der Waals surface area contributed by atoms with Crippen LogP contribution < -0.4 is 0 Å². The molecule has 1 fully saturated rings. The van der Waals surface area contributed by atoms with Crippen LogP contribution in [0.25, 0.3) is 0 Å². The lowest BCUT2D eigenvalue weighted by molar-refractivity contribution is 0.243. The number of aliphatic hydroxyl groups excluding tert-OH is 1. The third-order valence-corrected chi connectivity index (χ3v) is 5.18. The highest BCUT2D eigenvalue weighted by Gasteiger charge is 2.24. The van der Waals surface area contributed by atoms with E-state index in [1.54, 1.807) is 0 Å². The summed E-state index contributed by atoms with van der Waals surface area (Å²) in [7, 11) is 0. The molecule has 3 aliphatic rings. The zero-order valence-corrected chi connectivity index (χ0v) is 14.1. The Hall–Kier alpha value is -1.48.